The molecular formula is C23H27N3O4. The zero-order valence-corrected chi connectivity index (χ0v) is 17.6. The zero-order valence-electron chi connectivity index (χ0n) is 17.6. The summed E-state index contributed by atoms with van der Waals surface area (Å²) in [6, 6.07) is 9.51. The second-order valence-electron chi connectivity index (χ2n) is 8.07. The molecule has 0 N–H and O–H groups in total. The van der Waals surface area contributed by atoms with Crippen molar-refractivity contribution in [1.82, 2.24) is 15.0 Å². The molecule has 2 aromatic heterocycles. The van der Waals surface area contributed by atoms with E-state index in [1.165, 1.54) is 5.56 Å². The quantitative estimate of drug-likeness (QED) is 0.587. The van der Waals surface area contributed by atoms with Crippen LogP contribution in [-0.4, -0.2) is 34.0 Å². The van der Waals surface area contributed by atoms with Gasteiger partial charge in [0.15, 0.2) is 11.6 Å². The van der Waals surface area contributed by atoms with Gasteiger partial charge in [-0.3, -0.25) is 4.79 Å². The standard InChI is InChI=1S/C23H27N3O4/c1-15(2)21-24-22(30-25-21)17-8-11-26(12-9-17)23(27)19-10-13-28-20(19)14-29-18-6-4-16(3)5-7-18/h4-7,10,13,15,17H,8-9,11-12,14H2,1-3H3. The Labute approximate surface area is 176 Å². The van der Waals surface area contributed by atoms with Gasteiger partial charge in [0.1, 0.15) is 12.4 Å². The van der Waals surface area contributed by atoms with Crippen LogP contribution in [0.5, 0.6) is 5.75 Å². The fourth-order valence-corrected chi connectivity index (χ4v) is 3.57. The highest BCUT2D eigenvalue weighted by molar-refractivity contribution is 5.95. The first-order valence-corrected chi connectivity index (χ1v) is 10.4. The summed E-state index contributed by atoms with van der Waals surface area (Å²) in [6.45, 7) is 7.62. The summed E-state index contributed by atoms with van der Waals surface area (Å²) < 4.78 is 16.8. The zero-order chi connectivity index (χ0) is 21.1. The molecule has 0 aliphatic carbocycles. The molecule has 30 heavy (non-hydrogen) atoms. The van der Waals surface area contributed by atoms with E-state index < -0.39 is 0 Å². The van der Waals surface area contributed by atoms with E-state index >= 15 is 0 Å². The summed E-state index contributed by atoms with van der Waals surface area (Å²) in [5.74, 6) is 3.12. The van der Waals surface area contributed by atoms with Crippen LogP contribution in [0.4, 0.5) is 0 Å². The Morgan fingerprint density at radius 3 is 2.60 bits per heavy atom. The smallest absolute Gasteiger partial charge is 0.257 e. The Hall–Kier alpha value is -3.09. The summed E-state index contributed by atoms with van der Waals surface area (Å²) in [5, 5.41) is 4.05. The second kappa shape index (κ2) is 8.73. The van der Waals surface area contributed by atoms with Crippen LogP contribution < -0.4 is 4.74 Å². The highest BCUT2D eigenvalue weighted by atomic mass is 16.5. The molecule has 1 aliphatic heterocycles. The predicted octanol–water partition coefficient (Wildman–Crippen LogP) is 4.69. The van der Waals surface area contributed by atoms with Crippen LogP contribution in [0.15, 0.2) is 45.5 Å². The van der Waals surface area contributed by atoms with Crippen molar-refractivity contribution < 1.29 is 18.5 Å². The number of nitrogens with zero attached hydrogens (tertiary/aromatic N) is 3. The molecule has 1 fully saturated rings. The molecule has 0 unspecified atom stereocenters. The van der Waals surface area contributed by atoms with Crippen molar-refractivity contribution in [1.29, 1.82) is 0 Å². The summed E-state index contributed by atoms with van der Waals surface area (Å²) in [5.41, 5.74) is 1.72. The highest BCUT2D eigenvalue weighted by Crippen LogP contribution is 2.29. The van der Waals surface area contributed by atoms with Crippen LogP contribution in [0.25, 0.3) is 0 Å². The Morgan fingerprint density at radius 1 is 1.20 bits per heavy atom. The lowest BCUT2D eigenvalue weighted by atomic mass is 9.96. The lowest BCUT2D eigenvalue weighted by Gasteiger charge is -2.30. The van der Waals surface area contributed by atoms with Crippen LogP contribution in [0.2, 0.25) is 0 Å². The molecule has 7 heteroatoms. The van der Waals surface area contributed by atoms with E-state index in [0.29, 0.717) is 30.3 Å². The molecule has 4 rings (SSSR count). The molecule has 7 nitrogen and oxygen atoms in total. The number of hydrogen-bond donors (Lipinski definition) is 0. The molecule has 3 heterocycles. The summed E-state index contributed by atoms with van der Waals surface area (Å²) in [4.78, 5) is 19.4. The Bertz CT molecular complexity index is 982. The number of piperidine rings is 1. The predicted molar refractivity (Wildman–Crippen MR) is 110 cm³/mol. The van der Waals surface area contributed by atoms with Crippen molar-refractivity contribution in [2.24, 2.45) is 0 Å². The monoisotopic (exact) mass is 409 g/mol. The summed E-state index contributed by atoms with van der Waals surface area (Å²) >= 11 is 0. The average molecular weight is 409 g/mol. The number of benzene rings is 1. The number of aryl methyl sites for hydroxylation is 1. The number of aromatic nitrogens is 2. The van der Waals surface area contributed by atoms with E-state index in [0.717, 1.165) is 24.4 Å². The molecule has 0 atom stereocenters. The first-order chi connectivity index (χ1) is 14.5. The van der Waals surface area contributed by atoms with E-state index in [9.17, 15) is 4.79 Å². The molecule has 3 aromatic rings. The van der Waals surface area contributed by atoms with E-state index in [1.807, 2.05) is 49.9 Å². The van der Waals surface area contributed by atoms with Crippen molar-refractivity contribution in [2.45, 2.75) is 52.1 Å². The number of carbonyl (C=O) groups excluding carboxylic acids is 1. The van der Waals surface area contributed by atoms with Gasteiger partial charge in [0.05, 0.1) is 11.8 Å². The topological polar surface area (TPSA) is 81.6 Å². The van der Waals surface area contributed by atoms with Gasteiger partial charge in [0, 0.05) is 24.9 Å². The second-order valence-corrected chi connectivity index (χ2v) is 8.07. The fraction of sp³-hybridized carbons (Fsp3) is 0.435. The van der Waals surface area contributed by atoms with Gasteiger partial charge in [-0.25, -0.2) is 0 Å². The van der Waals surface area contributed by atoms with Crippen molar-refractivity contribution >= 4 is 5.91 Å². The van der Waals surface area contributed by atoms with Crippen molar-refractivity contribution in [3.05, 3.63) is 65.2 Å². The molecule has 1 saturated heterocycles. The average Bonchev–Trinajstić information content (AvgIpc) is 3.43. The molecule has 1 amide bonds. The fourth-order valence-electron chi connectivity index (χ4n) is 3.57. The molecule has 1 aliphatic rings. The Morgan fingerprint density at radius 2 is 1.93 bits per heavy atom. The van der Waals surface area contributed by atoms with Gasteiger partial charge in [-0.1, -0.05) is 36.7 Å². The number of furan rings is 1. The van der Waals surface area contributed by atoms with Crippen molar-refractivity contribution in [3.63, 3.8) is 0 Å². The molecular weight excluding hydrogens is 382 g/mol. The number of amides is 1. The third-order valence-corrected chi connectivity index (χ3v) is 5.47. The van der Waals surface area contributed by atoms with Gasteiger partial charge in [-0.2, -0.15) is 4.98 Å². The highest BCUT2D eigenvalue weighted by Gasteiger charge is 2.29. The summed E-state index contributed by atoms with van der Waals surface area (Å²) in [7, 11) is 0. The number of likely N-dealkylation sites (tertiary alicyclic amines) is 1. The van der Waals surface area contributed by atoms with Gasteiger partial charge in [0.25, 0.3) is 5.91 Å². The number of rotatable bonds is 6. The van der Waals surface area contributed by atoms with Gasteiger partial charge in [-0.05, 0) is 38.0 Å². The first kappa shape index (κ1) is 20.2. The van der Waals surface area contributed by atoms with Gasteiger partial charge in [0.2, 0.25) is 5.89 Å². The molecule has 1 aromatic carbocycles. The molecule has 0 radical (unpaired) electrons. The van der Waals surface area contributed by atoms with Crippen LogP contribution in [0.1, 0.15) is 71.9 Å². The Kier molecular flexibility index (Phi) is 5.88. The van der Waals surface area contributed by atoms with E-state index in [2.05, 4.69) is 10.1 Å². The maximum absolute atomic E-state index is 13.0. The third kappa shape index (κ3) is 4.40. The lowest BCUT2D eigenvalue weighted by molar-refractivity contribution is 0.0699. The number of hydrogen-bond acceptors (Lipinski definition) is 6. The van der Waals surface area contributed by atoms with Crippen molar-refractivity contribution in [3.8, 4) is 5.75 Å². The molecule has 0 bridgehead atoms. The molecule has 0 spiro atoms. The minimum Gasteiger partial charge on any atom is -0.486 e. The lowest BCUT2D eigenvalue weighted by Crippen LogP contribution is -2.38. The van der Waals surface area contributed by atoms with Gasteiger partial charge in [-0.15, -0.1) is 0 Å². The van der Waals surface area contributed by atoms with Crippen LogP contribution in [0.3, 0.4) is 0 Å². The molecule has 158 valence electrons. The normalized spacial score (nSPS) is 15.0. The van der Waals surface area contributed by atoms with Crippen LogP contribution in [-0.2, 0) is 6.61 Å². The number of ether oxygens (including phenoxy) is 1. The third-order valence-electron chi connectivity index (χ3n) is 5.47. The number of carbonyl (C=O) groups is 1. The van der Waals surface area contributed by atoms with Gasteiger partial charge >= 0.3 is 0 Å². The van der Waals surface area contributed by atoms with Crippen LogP contribution in [0, 0.1) is 6.92 Å². The largest absolute Gasteiger partial charge is 0.486 e. The van der Waals surface area contributed by atoms with E-state index in [1.54, 1.807) is 12.3 Å². The van der Waals surface area contributed by atoms with E-state index in [4.69, 9.17) is 13.7 Å². The summed E-state index contributed by atoms with van der Waals surface area (Å²) in [6.07, 6.45) is 3.15. The first-order valence-electron chi connectivity index (χ1n) is 10.4. The maximum atomic E-state index is 13.0. The SMILES string of the molecule is Cc1ccc(OCc2occc2C(=O)N2CCC(c3nc(C(C)C)no3)CC2)cc1. The van der Waals surface area contributed by atoms with Crippen molar-refractivity contribution in [2.75, 3.05) is 13.1 Å². The minimum absolute atomic E-state index is 0.0295. The van der Waals surface area contributed by atoms with Gasteiger partial charge < -0.3 is 18.6 Å². The maximum Gasteiger partial charge on any atom is 0.257 e. The van der Waals surface area contributed by atoms with E-state index in [-0.39, 0.29) is 24.3 Å². The van der Waals surface area contributed by atoms with Crippen LogP contribution >= 0.6 is 0 Å². The minimum atomic E-state index is -0.0295. The Balaban J connectivity index is 1.35. The molecule has 0 saturated carbocycles.